The van der Waals surface area contributed by atoms with Crippen LogP contribution in [0.2, 0.25) is 0 Å². The van der Waals surface area contributed by atoms with Crippen LogP contribution in [0.3, 0.4) is 0 Å². The number of hydrogen-bond donors (Lipinski definition) is 3. The third kappa shape index (κ3) is 4.46. The van der Waals surface area contributed by atoms with E-state index in [-0.39, 0.29) is 17.6 Å². The predicted octanol–water partition coefficient (Wildman–Crippen LogP) is 1.10. The van der Waals surface area contributed by atoms with Crippen LogP contribution < -0.4 is 16.0 Å². The van der Waals surface area contributed by atoms with Gasteiger partial charge < -0.3 is 20.7 Å². The van der Waals surface area contributed by atoms with Crippen molar-refractivity contribution in [3.8, 4) is 0 Å². The molecule has 1 aliphatic rings. The lowest BCUT2D eigenvalue weighted by atomic mass is 9.90. The Morgan fingerprint density at radius 3 is 2.39 bits per heavy atom. The third-order valence-electron chi connectivity index (χ3n) is 3.93. The normalized spacial score (nSPS) is 20.5. The lowest BCUT2D eigenvalue weighted by Crippen LogP contribution is -2.57. The van der Waals surface area contributed by atoms with Crippen LogP contribution in [0.1, 0.15) is 33.6 Å². The minimum Gasteiger partial charge on any atom is -0.381 e. The number of carbonyl (C=O) groups excluding carboxylic acids is 1. The first kappa shape index (κ1) is 15.2. The molecule has 5 nitrogen and oxygen atoms in total. The van der Waals surface area contributed by atoms with E-state index in [9.17, 15) is 4.79 Å². The fourth-order valence-electron chi connectivity index (χ4n) is 1.95. The molecule has 1 atom stereocenters. The summed E-state index contributed by atoms with van der Waals surface area (Å²) < 4.78 is 5.36. The molecule has 0 aliphatic carbocycles. The van der Waals surface area contributed by atoms with Gasteiger partial charge in [-0.15, -0.1) is 0 Å². The number of hydrogen-bond acceptors (Lipinski definition) is 3. The molecular weight excluding hydrogens is 230 g/mol. The molecule has 1 rings (SSSR count). The van der Waals surface area contributed by atoms with Crippen LogP contribution in [-0.4, -0.2) is 44.4 Å². The van der Waals surface area contributed by atoms with Crippen molar-refractivity contribution in [2.45, 2.75) is 45.2 Å². The van der Waals surface area contributed by atoms with Crippen LogP contribution in [0.5, 0.6) is 0 Å². The quantitative estimate of drug-likeness (QED) is 0.691. The Hall–Kier alpha value is -0.810. The Balaban J connectivity index is 2.36. The van der Waals surface area contributed by atoms with Gasteiger partial charge in [0, 0.05) is 31.3 Å². The van der Waals surface area contributed by atoms with E-state index in [1.165, 1.54) is 0 Å². The molecule has 0 saturated carbocycles. The maximum absolute atomic E-state index is 11.8. The molecule has 0 radical (unpaired) electrons. The monoisotopic (exact) mass is 257 g/mol. The highest BCUT2D eigenvalue weighted by molar-refractivity contribution is 5.74. The third-order valence-corrected chi connectivity index (χ3v) is 3.93. The van der Waals surface area contributed by atoms with Crippen LogP contribution >= 0.6 is 0 Å². The topological polar surface area (TPSA) is 62.4 Å². The summed E-state index contributed by atoms with van der Waals surface area (Å²) in [6, 6.07) is 0.0996. The Morgan fingerprint density at radius 2 is 1.89 bits per heavy atom. The molecule has 0 spiro atoms. The number of urea groups is 1. The summed E-state index contributed by atoms with van der Waals surface area (Å²) in [6.45, 7) is 8.37. The van der Waals surface area contributed by atoms with Gasteiger partial charge in [-0.25, -0.2) is 4.79 Å². The first-order chi connectivity index (χ1) is 8.49. The summed E-state index contributed by atoms with van der Waals surface area (Å²) in [7, 11) is 1.95. The number of ether oxygens (including phenoxy) is 1. The number of amides is 2. The van der Waals surface area contributed by atoms with Crippen molar-refractivity contribution in [3.05, 3.63) is 0 Å². The minimum absolute atomic E-state index is 0.0172. The van der Waals surface area contributed by atoms with Gasteiger partial charge in [0.25, 0.3) is 0 Å². The molecule has 0 aromatic rings. The van der Waals surface area contributed by atoms with Gasteiger partial charge in [0.1, 0.15) is 0 Å². The molecule has 18 heavy (non-hydrogen) atoms. The summed E-state index contributed by atoms with van der Waals surface area (Å²) in [5.74, 6) is 0.442. The molecule has 3 N–H and O–H groups in total. The molecule has 0 aromatic carbocycles. The summed E-state index contributed by atoms with van der Waals surface area (Å²) in [6.07, 6.45) is 1.87. The van der Waals surface area contributed by atoms with Gasteiger partial charge in [0.15, 0.2) is 0 Å². The summed E-state index contributed by atoms with van der Waals surface area (Å²) in [5.41, 5.74) is -0.0172. The van der Waals surface area contributed by atoms with Crippen LogP contribution in [-0.2, 0) is 4.74 Å². The number of likely N-dealkylation sites (N-methyl/N-ethyl adjacent to an activating group) is 1. The van der Waals surface area contributed by atoms with Crippen molar-refractivity contribution in [2.75, 3.05) is 26.8 Å². The highest BCUT2D eigenvalue weighted by Crippen LogP contribution is 2.19. The first-order valence-corrected chi connectivity index (χ1v) is 6.80. The lowest BCUT2D eigenvalue weighted by molar-refractivity contribution is 0.0420. The van der Waals surface area contributed by atoms with Gasteiger partial charge in [-0.3, -0.25) is 0 Å². The van der Waals surface area contributed by atoms with Gasteiger partial charge in [0.2, 0.25) is 0 Å². The van der Waals surface area contributed by atoms with E-state index < -0.39 is 0 Å². The van der Waals surface area contributed by atoms with E-state index in [1.54, 1.807) is 0 Å². The standard InChI is InChI=1S/C13H27N3O2/c1-10(2)11(3)16-12(17)15-9-13(14-4)5-7-18-8-6-13/h10-11,14H,5-9H2,1-4H3,(H2,15,16,17). The number of carbonyl (C=O) groups is 1. The van der Waals surface area contributed by atoms with E-state index in [0.29, 0.717) is 12.5 Å². The van der Waals surface area contributed by atoms with Crippen molar-refractivity contribution >= 4 is 6.03 Å². The maximum atomic E-state index is 11.8. The fraction of sp³-hybridized carbons (Fsp3) is 0.923. The van der Waals surface area contributed by atoms with Crippen LogP contribution in [0.25, 0.3) is 0 Å². The molecule has 2 amide bonds. The SMILES string of the molecule is CNC1(CNC(=O)NC(C)C(C)C)CCOCC1. The van der Waals surface area contributed by atoms with Gasteiger partial charge in [-0.05, 0) is 32.7 Å². The second-order valence-electron chi connectivity index (χ2n) is 5.50. The molecule has 1 aliphatic heterocycles. The van der Waals surface area contributed by atoms with Crippen LogP contribution in [0.4, 0.5) is 4.79 Å². The van der Waals surface area contributed by atoms with E-state index >= 15 is 0 Å². The molecular formula is C13H27N3O2. The second-order valence-corrected chi connectivity index (χ2v) is 5.50. The zero-order chi connectivity index (χ0) is 13.6. The fourth-order valence-corrected chi connectivity index (χ4v) is 1.95. The van der Waals surface area contributed by atoms with Crippen molar-refractivity contribution in [1.82, 2.24) is 16.0 Å². The second kappa shape index (κ2) is 6.95. The maximum Gasteiger partial charge on any atom is 0.315 e. The Kier molecular flexibility index (Phi) is 5.88. The average Bonchev–Trinajstić information content (AvgIpc) is 2.37. The number of rotatable bonds is 5. The van der Waals surface area contributed by atoms with E-state index in [2.05, 4.69) is 29.8 Å². The van der Waals surface area contributed by atoms with E-state index in [1.807, 2.05) is 14.0 Å². The summed E-state index contributed by atoms with van der Waals surface area (Å²) >= 11 is 0. The molecule has 1 unspecified atom stereocenters. The highest BCUT2D eigenvalue weighted by atomic mass is 16.5. The largest absolute Gasteiger partial charge is 0.381 e. The predicted molar refractivity (Wildman–Crippen MR) is 72.7 cm³/mol. The van der Waals surface area contributed by atoms with Crippen molar-refractivity contribution in [2.24, 2.45) is 5.92 Å². The molecule has 0 bridgehead atoms. The van der Waals surface area contributed by atoms with Gasteiger partial charge in [0.05, 0.1) is 0 Å². The molecule has 5 heteroatoms. The van der Waals surface area contributed by atoms with Crippen molar-refractivity contribution in [3.63, 3.8) is 0 Å². The lowest BCUT2D eigenvalue weighted by Gasteiger charge is -2.37. The van der Waals surface area contributed by atoms with Gasteiger partial charge >= 0.3 is 6.03 Å². The molecule has 1 saturated heterocycles. The highest BCUT2D eigenvalue weighted by Gasteiger charge is 2.31. The van der Waals surface area contributed by atoms with Crippen LogP contribution in [0, 0.1) is 5.92 Å². The van der Waals surface area contributed by atoms with Crippen molar-refractivity contribution < 1.29 is 9.53 Å². The zero-order valence-corrected chi connectivity index (χ0v) is 12.0. The molecule has 1 fully saturated rings. The summed E-state index contributed by atoms with van der Waals surface area (Å²) in [5, 5.41) is 9.24. The van der Waals surface area contributed by atoms with Gasteiger partial charge in [-0.2, -0.15) is 0 Å². The van der Waals surface area contributed by atoms with Gasteiger partial charge in [-0.1, -0.05) is 13.8 Å². The summed E-state index contributed by atoms with van der Waals surface area (Å²) in [4.78, 5) is 11.8. The smallest absolute Gasteiger partial charge is 0.315 e. The van der Waals surface area contributed by atoms with Crippen LogP contribution in [0.15, 0.2) is 0 Å². The first-order valence-electron chi connectivity index (χ1n) is 6.80. The minimum atomic E-state index is -0.0858. The Bertz CT molecular complexity index is 263. The Morgan fingerprint density at radius 1 is 1.28 bits per heavy atom. The average molecular weight is 257 g/mol. The number of nitrogens with one attached hydrogen (secondary N) is 3. The Labute approximate surface area is 110 Å². The molecule has 1 heterocycles. The van der Waals surface area contributed by atoms with E-state index in [0.717, 1.165) is 26.1 Å². The van der Waals surface area contributed by atoms with Crippen molar-refractivity contribution in [1.29, 1.82) is 0 Å². The zero-order valence-electron chi connectivity index (χ0n) is 12.0. The molecule has 106 valence electrons. The van der Waals surface area contributed by atoms with E-state index in [4.69, 9.17) is 4.74 Å². The molecule has 0 aromatic heterocycles.